The maximum Gasteiger partial charge on any atom is 0.373 e. The van der Waals surface area contributed by atoms with Gasteiger partial charge in [0.25, 0.3) is 5.56 Å². The topological polar surface area (TPSA) is 69.0 Å². The number of halogens is 2. The zero-order chi connectivity index (χ0) is 17.7. The molecule has 3 rings (SSSR count). The molecule has 7 heteroatoms. The number of hydrogen-bond donors (Lipinski definition) is 0. The van der Waals surface area contributed by atoms with Gasteiger partial charge in [0.05, 0.1) is 22.4 Å². The van der Waals surface area contributed by atoms with E-state index in [2.05, 4.69) is 20.9 Å². The lowest BCUT2D eigenvalue weighted by Crippen LogP contribution is -2.25. The Morgan fingerprint density at radius 1 is 1.17 bits per heavy atom. The fourth-order valence-electron chi connectivity index (χ4n) is 2.33. The van der Waals surface area contributed by atoms with Crippen LogP contribution in [-0.4, -0.2) is 15.7 Å². The van der Waals surface area contributed by atoms with Crippen molar-refractivity contribution in [3.05, 3.63) is 75.0 Å². The molecule has 1 heterocycles. The monoisotopic (exact) mass is 390 g/mol. The van der Waals surface area contributed by atoms with Gasteiger partial charge in [0.15, 0.2) is 5.82 Å². The first kappa shape index (κ1) is 17.7. The van der Waals surface area contributed by atoms with E-state index in [1.54, 1.807) is 12.1 Å². The Bertz CT molecular complexity index is 951. The normalized spacial score (nSPS) is 11.3. The molecule has 5 nitrogen and oxygen atoms in total. The molecule has 1 unspecified atom stereocenters. The second-order valence-electron chi connectivity index (χ2n) is 4.88. The SMILES string of the molecule is CC(c1ccccc1)n1cnc2ccc(Br)c(F)c2c1=O.O=C=O. The fourth-order valence-corrected chi connectivity index (χ4v) is 2.66. The molecule has 3 aromatic rings. The Hall–Kier alpha value is -2.63. The lowest BCUT2D eigenvalue weighted by atomic mass is 10.1. The van der Waals surface area contributed by atoms with Crippen molar-refractivity contribution >= 4 is 33.0 Å². The van der Waals surface area contributed by atoms with Gasteiger partial charge in [-0.25, -0.2) is 9.37 Å². The Kier molecular flexibility index (Phi) is 5.73. The zero-order valence-corrected chi connectivity index (χ0v) is 14.2. The zero-order valence-electron chi connectivity index (χ0n) is 12.6. The summed E-state index contributed by atoms with van der Waals surface area (Å²) in [6.07, 6.45) is 1.72. The van der Waals surface area contributed by atoms with E-state index < -0.39 is 5.82 Å². The van der Waals surface area contributed by atoms with Crippen molar-refractivity contribution in [2.24, 2.45) is 0 Å². The summed E-state index contributed by atoms with van der Waals surface area (Å²) < 4.78 is 15.9. The summed E-state index contributed by atoms with van der Waals surface area (Å²) in [5.74, 6) is -0.570. The number of carbonyl (C=O) groups excluding carboxylic acids is 2. The van der Waals surface area contributed by atoms with Crippen LogP contribution in [0.15, 0.2) is 58.1 Å². The molecule has 0 aliphatic heterocycles. The molecule has 0 N–H and O–H groups in total. The van der Waals surface area contributed by atoms with Crippen LogP contribution in [0.3, 0.4) is 0 Å². The van der Waals surface area contributed by atoms with Gasteiger partial charge in [-0.15, -0.1) is 0 Å². The average Bonchev–Trinajstić information content (AvgIpc) is 2.59. The van der Waals surface area contributed by atoms with Crippen molar-refractivity contribution in [3.8, 4) is 0 Å². The molecule has 0 amide bonds. The van der Waals surface area contributed by atoms with Crippen LogP contribution in [0.5, 0.6) is 0 Å². The molecular weight excluding hydrogens is 379 g/mol. The van der Waals surface area contributed by atoms with E-state index in [0.717, 1.165) is 5.56 Å². The molecule has 2 aromatic carbocycles. The third-order valence-electron chi connectivity index (χ3n) is 3.54. The second kappa shape index (κ2) is 7.77. The Morgan fingerprint density at radius 3 is 2.42 bits per heavy atom. The van der Waals surface area contributed by atoms with Crippen molar-refractivity contribution in [2.75, 3.05) is 0 Å². The molecule has 122 valence electrons. The van der Waals surface area contributed by atoms with Crippen LogP contribution in [0.2, 0.25) is 0 Å². The van der Waals surface area contributed by atoms with Gasteiger partial charge in [-0.05, 0) is 40.5 Å². The predicted octanol–water partition coefficient (Wildman–Crippen LogP) is 3.32. The number of benzene rings is 2. The van der Waals surface area contributed by atoms with Crippen LogP contribution in [0, 0.1) is 5.82 Å². The van der Waals surface area contributed by atoms with Crippen LogP contribution in [0.25, 0.3) is 10.9 Å². The fraction of sp³-hybridized carbons (Fsp3) is 0.118. The van der Waals surface area contributed by atoms with Gasteiger partial charge in [-0.3, -0.25) is 9.36 Å². The summed E-state index contributed by atoms with van der Waals surface area (Å²) in [5.41, 5.74) is 0.948. The van der Waals surface area contributed by atoms with Crippen LogP contribution < -0.4 is 5.56 Å². The first-order valence-corrected chi connectivity index (χ1v) is 7.69. The summed E-state index contributed by atoms with van der Waals surface area (Å²) >= 11 is 3.11. The molecule has 0 saturated carbocycles. The van der Waals surface area contributed by atoms with Gasteiger partial charge in [-0.1, -0.05) is 30.3 Å². The number of aromatic nitrogens is 2. The van der Waals surface area contributed by atoms with E-state index in [1.165, 1.54) is 10.9 Å². The smallest absolute Gasteiger partial charge is 0.291 e. The van der Waals surface area contributed by atoms with Gasteiger partial charge in [-0.2, -0.15) is 9.59 Å². The molecule has 0 fully saturated rings. The van der Waals surface area contributed by atoms with Gasteiger partial charge in [0.2, 0.25) is 0 Å². The molecule has 0 radical (unpaired) electrons. The molecule has 0 spiro atoms. The first-order valence-electron chi connectivity index (χ1n) is 6.90. The predicted molar refractivity (Wildman–Crippen MR) is 88.9 cm³/mol. The number of nitrogens with zero attached hydrogens (tertiary/aromatic N) is 2. The average molecular weight is 391 g/mol. The van der Waals surface area contributed by atoms with Crippen LogP contribution >= 0.6 is 15.9 Å². The van der Waals surface area contributed by atoms with Crippen LogP contribution in [0.4, 0.5) is 4.39 Å². The van der Waals surface area contributed by atoms with Crippen molar-refractivity contribution in [1.82, 2.24) is 9.55 Å². The van der Waals surface area contributed by atoms with Crippen molar-refractivity contribution in [1.29, 1.82) is 0 Å². The molecule has 24 heavy (non-hydrogen) atoms. The molecule has 1 aromatic heterocycles. The van der Waals surface area contributed by atoms with E-state index in [4.69, 9.17) is 9.59 Å². The molecule has 0 aliphatic rings. The quantitative estimate of drug-likeness (QED) is 0.672. The Morgan fingerprint density at radius 2 is 1.79 bits per heavy atom. The molecule has 0 saturated heterocycles. The number of hydrogen-bond acceptors (Lipinski definition) is 4. The standard InChI is InChI=1S/C16H12BrFN2O.CO2/c1-10(11-5-3-2-4-6-11)20-9-19-13-8-7-12(17)15(18)14(13)16(20)21;2-1-3/h2-10H,1H3;. The van der Waals surface area contributed by atoms with E-state index in [1.807, 2.05) is 37.3 Å². The molecule has 1 atom stereocenters. The highest BCUT2D eigenvalue weighted by Gasteiger charge is 2.15. The maximum absolute atomic E-state index is 14.2. The van der Waals surface area contributed by atoms with Crippen molar-refractivity contribution < 1.29 is 14.0 Å². The summed E-state index contributed by atoms with van der Waals surface area (Å²) in [7, 11) is 0. The maximum atomic E-state index is 14.2. The number of fused-ring (bicyclic) bond motifs is 1. The minimum atomic E-state index is -0.570. The Labute approximate surface area is 144 Å². The van der Waals surface area contributed by atoms with E-state index in [9.17, 15) is 9.18 Å². The minimum absolute atomic E-state index is 0.00894. The summed E-state index contributed by atoms with van der Waals surface area (Å²) in [6, 6.07) is 12.5. The third kappa shape index (κ3) is 3.48. The van der Waals surface area contributed by atoms with Gasteiger partial charge < -0.3 is 0 Å². The molecule has 0 aliphatic carbocycles. The van der Waals surface area contributed by atoms with Gasteiger partial charge >= 0.3 is 6.15 Å². The van der Waals surface area contributed by atoms with E-state index >= 15 is 0 Å². The van der Waals surface area contributed by atoms with Crippen LogP contribution in [0.1, 0.15) is 18.5 Å². The first-order chi connectivity index (χ1) is 11.5. The van der Waals surface area contributed by atoms with Gasteiger partial charge in [0.1, 0.15) is 5.39 Å². The van der Waals surface area contributed by atoms with Crippen molar-refractivity contribution in [3.63, 3.8) is 0 Å². The summed E-state index contributed by atoms with van der Waals surface area (Å²) in [6.45, 7) is 1.89. The highest BCUT2D eigenvalue weighted by atomic mass is 79.9. The Balaban J connectivity index is 0.000000647. The minimum Gasteiger partial charge on any atom is -0.291 e. The van der Waals surface area contributed by atoms with Gasteiger partial charge in [0, 0.05) is 0 Å². The largest absolute Gasteiger partial charge is 0.373 e. The van der Waals surface area contributed by atoms with E-state index in [-0.39, 0.29) is 27.6 Å². The van der Waals surface area contributed by atoms with E-state index in [0.29, 0.717) is 5.52 Å². The lowest BCUT2D eigenvalue weighted by Gasteiger charge is -2.15. The van der Waals surface area contributed by atoms with Crippen molar-refractivity contribution in [2.45, 2.75) is 13.0 Å². The molecular formula is C17H12BrFN2O3. The number of rotatable bonds is 2. The second-order valence-corrected chi connectivity index (χ2v) is 5.74. The molecule has 0 bridgehead atoms. The van der Waals surface area contributed by atoms with Crippen LogP contribution in [-0.2, 0) is 9.59 Å². The highest BCUT2D eigenvalue weighted by molar-refractivity contribution is 9.10. The summed E-state index contributed by atoms with van der Waals surface area (Å²) in [5, 5.41) is 0.00894. The third-order valence-corrected chi connectivity index (χ3v) is 4.15. The highest BCUT2D eigenvalue weighted by Crippen LogP contribution is 2.22. The lowest BCUT2D eigenvalue weighted by molar-refractivity contribution is -0.191. The summed E-state index contributed by atoms with van der Waals surface area (Å²) in [4.78, 5) is 33.0.